The number of hydrogen-bond acceptors (Lipinski definition) is 6. The number of aliphatic carboxylic acids is 2. The van der Waals surface area contributed by atoms with Gasteiger partial charge in [0.2, 0.25) is 0 Å². The minimum absolute atomic E-state index is 0. The molecule has 0 bridgehead atoms. The number of carbonyl (C=O) groups is 2. The maximum absolute atomic E-state index is 10.2. The molecule has 7 heteroatoms. The fourth-order valence-corrected chi connectivity index (χ4v) is 4.72. The molecule has 0 aliphatic rings. The molecule has 0 rings (SSSR count). The number of aliphatic hydroxyl groups is 2. The summed E-state index contributed by atoms with van der Waals surface area (Å²) in [6, 6.07) is 0. The molecule has 0 unspecified atom stereocenters. The van der Waals surface area contributed by atoms with Crippen molar-refractivity contribution in [1.82, 2.24) is 0 Å². The molecule has 0 aliphatic carbocycles. The summed E-state index contributed by atoms with van der Waals surface area (Å²) in [5, 5.41) is 40.0. The Morgan fingerprint density at radius 3 is 1.19 bits per heavy atom. The predicted molar refractivity (Wildman–Crippen MR) is 172 cm³/mol. The van der Waals surface area contributed by atoms with E-state index in [1.54, 1.807) is 0 Å². The third-order valence-electron chi connectivity index (χ3n) is 7.43. The van der Waals surface area contributed by atoms with Gasteiger partial charge in [-0.3, -0.25) is 0 Å². The number of allylic oxidation sites excluding steroid dienone is 2. The molecule has 0 aromatic rings. The molecule has 0 spiro atoms. The van der Waals surface area contributed by atoms with Crippen LogP contribution in [0.15, 0.2) is 24.3 Å². The van der Waals surface area contributed by atoms with Crippen molar-refractivity contribution in [3.05, 3.63) is 24.3 Å². The zero-order valence-corrected chi connectivity index (χ0v) is 31.1. The first-order chi connectivity index (χ1) is 20.3. The molecule has 0 aromatic carbocycles. The number of rotatable bonds is 30. The van der Waals surface area contributed by atoms with Crippen LogP contribution in [0.25, 0.3) is 0 Å². The molecule has 43 heavy (non-hydrogen) atoms. The van der Waals surface area contributed by atoms with Crippen molar-refractivity contribution in [1.29, 1.82) is 0 Å². The van der Waals surface area contributed by atoms with Gasteiger partial charge in [-0.2, -0.15) is 0 Å². The Kier molecular flexibility index (Phi) is 42.1. The summed E-state index contributed by atoms with van der Waals surface area (Å²) in [5.41, 5.74) is 0. The second kappa shape index (κ2) is 39.0. The van der Waals surface area contributed by atoms with Crippen molar-refractivity contribution in [2.45, 2.75) is 193 Å². The summed E-state index contributed by atoms with van der Waals surface area (Å²) in [6.45, 7) is 4.39. The molecule has 2 atom stereocenters. The zero-order valence-electron chi connectivity index (χ0n) is 28.1. The van der Waals surface area contributed by atoms with Crippen LogP contribution >= 0.6 is 0 Å². The van der Waals surface area contributed by atoms with Gasteiger partial charge < -0.3 is 30.0 Å². The first-order valence-corrected chi connectivity index (χ1v) is 17.4. The minimum atomic E-state index is -0.939. The topological polar surface area (TPSA) is 121 Å². The molecule has 0 saturated carbocycles. The summed E-state index contributed by atoms with van der Waals surface area (Å²) < 4.78 is 0. The molecular weight excluding hydrogens is 594 g/mol. The van der Waals surface area contributed by atoms with E-state index in [1.165, 1.54) is 38.5 Å². The second-order valence-electron chi connectivity index (χ2n) is 11.8. The van der Waals surface area contributed by atoms with Crippen LogP contribution in [0.4, 0.5) is 0 Å². The number of aliphatic hydroxyl groups excluding tert-OH is 2. The average molecular weight is 660 g/mol. The molecule has 0 aliphatic heterocycles. The van der Waals surface area contributed by atoms with E-state index in [-0.39, 0.29) is 44.5 Å². The van der Waals surface area contributed by atoms with Gasteiger partial charge in [0.05, 0.1) is 12.2 Å². The SMILES string of the molecule is CCCCCC[C@@H](O)C/C=C/CCCCCCCC(=O)[O-].CCCCCC[C@@H](O)CC=CCCCCCCCC(=O)[O-].[Zn+2]. The van der Waals surface area contributed by atoms with Gasteiger partial charge in [-0.25, -0.2) is 0 Å². The second-order valence-corrected chi connectivity index (χ2v) is 11.8. The molecular formula is C36H66O6Zn. The Labute approximate surface area is 278 Å². The summed E-state index contributed by atoms with van der Waals surface area (Å²) in [4.78, 5) is 20.4. The van der Waals surface area contributed by atoms with Crippen molar-refractivity contribution >= 4 is 11.9 Å². The van der Waals surface area contributed by atoms with Gasteiger partial charge in [0, 0.05) is 11.9 Å². The molecule has 0 aromatic heterocycles. The average Bonchev–Trinajstić information content (AvgIpc) is 2.95. The van der Waals surface area contributed by atoms with E-state index in [9.17, 15) is 30.0 Å². The van der Waals surface area contributed by atoms with Gasteiger partial charge in [0.1, 0.15) is 0 Å². The first kappa shape index (κ1) is 46.4. The summed E-state index contributed by atoms with van der Waals surface area (Å²) in [5.74, 6) is -1.88. The molecule has 2 N–H and O–H groups in total. The Balaban J connectivity index is -0.000000727. The number of carbonyl (C=O) groups excluding carboxylic acids is 2. The van der Waals surface area contributed by atoms with Gasteiger partial charge >= 0.3 is 19.5 Å². The fraction of sp³-hybridized carbons (Fsp3) is 0.833. The van der Waals surface area contributed by atoms with E-state index in [0.29, 0.717) is 0 Å². The van der Waals surface area contributed by atoms with Gasteiger partial charge in [0.25, 0.3) is 0 Å². The maximum Gasteiger partial charge on any atom is 2.00 e. The standard InChI is InChI=1S/2C18H34O3.Zn/c2*1-2-3-4-11-14-17(19)15-12-9-7-5-6-8-10-13-16-18(20)21;/h2*9,12,17,19H,2-8,10-11,13-16H2,1H3,(H,20,21);/q;;+2/p-2/b12-9+;;/t2*17-;/m11./s1. The summed E-state index contributed by atoms with van der Waals surface area (Å²) >= 11 is 0. The Bertz CT molecular complexity index is 583. The Morgan fingerprint density at radius 2 is 0.837 bits per heavy atom. The van der Waals surface area contributed by atoms with Crippen molar-refractivity contribution in [3.63, 3.8) is 0 Å². The van der Waals surface area contributed by atoms with Crippen LogP contribution in [0.3, 0.4) is 0 Å². The van der Waals surface area contributed by atoms with Gasteiger partial charge in [-0.1, -0.05) is 128 Å². The van der Waals surface area contributed by atoms with Crippen LogP contribution in [0, 0.1) is 0 Å². The minimum Gasteiger partial charge on any atom is -0.550 e. The zero-order chi connectivity index (χ0) is 31.5. The van der Waals surface area contributed by atoms with Gasteiger partial charge in [-0.05, 0) is 77.0 Å². The largest absolute Gasteiger partial charge is 2.00 e. The smallest absolute Gasteiger partial charge is 0.550 e. The van der Waals surface area contributed by atoms with E-state index in [2.05, 4.69) is 38.2 Å². The third kappa shape index (κ3) is 45.5. The molecule has 0 amide bonds. The number of unbranched alkanes of at least 4 members (excludes halogenated alkanes) is 16. The van der Waals surface area contributed by atoms with E-state index < -0.39 is 11.9 Å². The van der Waals surface area contributed by atoms with E-state index in [1.807, 2.05) is 0 Å². The summed E-state index contributed by atoms with van der Waals surface area (Å²) in [7, 11) is 0. The quantitative estimate of drug-likeness (QED) is 0.0468. The van der Waals surface area contributed by atoms with Crippen LogP contribution in [-0.4, -0.2) is 34.4 Å². The van der Waals surface area contributed by atoms with Crippen LogP contribution in [0.1, 0.15) is 181 Å². The van der Waals surface area contributed by atoms with Crippen LogP contribution in [0.2, 0.25) is 0 Å². The monoisotopic (exact) mass is 658 g/mol. The van der Waals surface area contributed by atoms with Crippen LogP contribution in [-0.2, 0) is 29.1 Å². The van der Waals surface area contributed by atoms with Gasteiger partial charge in [-0.15, -0.1) is 0 Å². The van der Waals surface area contributed by atoms with E-state index in [0.717, 1.165) is 116 Å². The van der Waals surface area contributed by atoms with Crippen molar-refractivity contribution in [3.8, 4) is 0 Å². The molecule has 0 saturated heterocycles. The van der Waals surface area contributed by atoms with Crippen LogP contribution in [0.5, 0.6) is 0 Å². The summed E-state index contributed by atoms with van der Waals surface area (Å²) in [6.07, 6.45) is 34.0. The van der Waals surface area contributed by atoms with Crippen molar-refractivity contribution < 1.29 is 49.5 Å². The molecule has 0 radical (unpaired) electrons. The van der Waals surface area contributed by atoms with Crippen LogP contribution < -0.4 is 10.2 Å². The molecule has 0 fully saturated rings. The fourth-order valence-electron chi connectivity index (χ4n) is 4.72. The van der Waals surface area contributed by atoms with E-state index in [4.69, 9.17) is 0 Å². The normalized spacial score (nSPS) is 12.6. The Hall–Kier alpha value is -1.04. The maximum atomic E-state index is 10.2. The molecule has 6 nitrogen and oxygen atoms in total. The Morgan fingerprint density at radius 1 is 0.512 bits per heavy atom. The number of hydrogen-bond donors (Lipinski definition) is 2. The molecule has 0 heterocycles. The predicted octanol–water partition coefficient (Wildman–Crippen LogP) is 7.49. The van der Waals surface area contributed by atoms with E-state index >= 15 is 0 Å². The first-order valence-electron chi connectivity index (χ1n) is 17.4. The third-order valence-corrected chi connectivity index (χ3v) is 7.43. The number of carboxylic acids is 2. The number of carboxylic acid groups (broad SMARTS) is 2. The van der Waals surface area contributed by atoms with Crippen molar-refractivity contribution in [2.24, 2.45) is 0 Å². The van der Waals surface area contributed by atoms with Crippen molar-refractivity contribution in [2.75, 3.05) is 0 Å². The molecule has 248 valence electrons. The van der Waals surface area contributed by atoms with Gasteiger partial charge in [0.15, 0.2) is 0 Å².